The molecule has 2 rings (SSSR count). The predicted molar refractivity (Wildman–Crippen MR) is 104 cm³/mol. The van der Waals surface area contributed by atoms with Gasteiger partial charge in [-0.1, -0.05) is 6.92 Å². The number of anilines is 1. The van der Waals surface area contributed by atoms with Crippen molar-refractivity contribution < 1.29 is 26.0 Å². The molecule has 0 radical (unpaired) electrons. The second kappa shape index (κ2) is 8.38. The third kappa shape index (κ3) is 5.37. The molecule has 2 aromatic carbocycles. The molecule has 1 unspecified atom stereocenters. The monoisotopic (exact) mass is 428 g/mol. The number of amides is 1. The molecule has 1 amide bonds. The molecule has 152 valence electrons. The van der Waals surface area contributed by atoms with Gasteiger partial charge in [0.2, 0.25) is 10.0 Å². The van der Waals surface area contributed by atoms with Crippen LogP contribution in [-0.2, 0) is 19.9 Å². The Hall–Kier alpha value is -2.30. The van der Waals surface area contributed by atoms with Gasteiger partial charge >= 0.3 is 0 Å². The van der Waals surface area contributed by atoms with Gasteiger partial charge in [0.15, 0.2) is 9.84 Å². The Bertz CT molecular complexity index is 1080. The second-order valence-corrected chi connectivity index (χ2v) is 10.1. The standard InChI is InChI=1S/C18H21FN2O5S2/c1-4-12(2)21-28(25,26)14-7-5-13(6-8-14)18(22)20-17-11-15(27(3,23)24)9-10-16(17)19/h5-12,21H,4H2,1-3H3,(H,20,22). The van der Waals surface area contributed by atoms with Crippen molar-refractivity contribution in [3.63, 3.8) is 0 Å². The number of sulfone groups is 1. The Kier molecular flexibility index (Phi) is 6.58. The van der Waals surface area contributed by atoms with Gasteiger partial charge in [0.25, 0.3) is 5.91 Å². The van der Waals surface area contributed by atoms with Crippen LogP contribution in [0.1, 0.15) is 30.6 Å². The maximum atomic E-state index is 13.9. The molecule has 0 bridgehead atoms. The molecule has 0 fully saturated rings. The Balaban J connectivity index is 2.23. The lowest BCUT2D eigenvalue weighted by atomic mass is 10.2. The fraction of sp³-hybridized carbons (Fsp3) is 0.278. The summed E-state index contributed by atoms with van der Waals surface area (Å²) in [4.78, 5) is 12.2. The highest BCUT2D eigenvalue weighted by molar-refractivity contribution is 7.90. The molecule has 10 heteroatoms. The Morgan fingerprint density at radius 3 is 2.14 bits per heavy atom. The highest BCUT2D eigenvalue weighted by Crippen LogP contribution is 2.21. The molecule has 0 aliphatic heterocycles. The van der Waals surface area contributed by atoms with E-state index in [4.69, 9.17) is 0 Å². The van der Waals surface area contributed by atoms with Crippen molar-refractivity contribution >= 4 is 31.5 Å². The maximum absolute atomic E-state index is 13.9. The van der Waals surface area contributed by atoms with Crippen LogP contribution in [0.2, 0.25) is 0 Å². The fourth-order valence-corrected chi connectivity index (χ4v) is 4.20. The van der Waals surface area contributed by atoms with E-state index in [1.165, 1.54) is 24.3 Å². The van der Waals surface area contributed by atoms with E-state index >= 15 is 0 Å². The molecular formula is C18H21FN2O5S2. The number of carbonyl (C=O) groups is 1. The van der Waals surface area contributed by atoms with E-state index in [9.17, 15) is 26.0 Å². The van der Waals surface area contributed by atoms with Crippen LogP contribution in [0.5, 0.6) is 0 Å². The molecule has 0 heterocycles. The van der Waals surface area contributed by atoms with Gasteiger partial charge in [-0.15, -0.1) is 0 Å². The Morgan fingerprint density at radius 2 is 1.61 bits per heavy atom. The van der Waals surface area contributed by atoms with E-state index < -0.39 is 31.6 Å². The summed E-state index contributed by atoms with van der Waals surface area (Å²) in [6.45, 7) is 3.58. The summed E-state index contributed by atoms with van der Waals surface area (Å²) >= 11 is 0. The number of halogens is 1. The second-order valence-electron chi connectivity index (χ2n) is 6.32. The van der Waals surface area contributed by atoms with Crippen molar-refractivity contribution in [2.24, 2.45) is 0 Å². The number of hydrogen-bond acceptors (Lipinski definition) is 5. The van der Waals surface area contributed by atoms with Gasteiger partial charge in [-0.2, -0.15) is 0 Å². The molecule has 0 aromatic heterocycles. The highest BCUT2D eigenvalue weighted by atomic mass is 32.2. The quantitative estimate of drug-likeness (QED) is 0.659. The summed E-state index contributed by atoms with van der Waals surface area (Å²) in [6.07, 6.45) is 1.59. The number of nitrogens with one attached hydrogen (secondary N) is 2. The molecule has 28 heavy (non-hydrogen) atoms. The zero-order valence-corrected chi connectivity index (χ0v) is 17.2. The molecular weight excluding hydrogens is 407 g/mol. The lowest BCUT2D eigenvalue weighted by Crippen LogP contribution is -2.32. The van der Waals surface area contributed by atoms with Crippen molar-refractivity contribution in [2.45, 2.75) is 36.1 Å². The van der Waals surface area contributed by atoms with E-state index in [0.717, 1.165) is 24.5 Å². The zero-order valence-electron chi connectivity index (χ0n) is 15.6. The van der Waals surface area contributed by atoms with E-state index in [2.05, 4.69) is 10.0 Å². The molecule has 0 spiro atoms. The molecule has 0 aliphatic rings. The third-order valence-corrected chi connectivity index (χ3v) is 6.73. The number of sulfonamides is 1. The first kappa shape index (κ1) is 22.0. The number of hydrogen-bond donors (Lipinski definition) is 2. The van der Waals surface area contributed by atoms with Crippen molar-refractivity contribution in [2.75, 3.05) is 11.6 Å². The van der Waals surface area contributed by atoms with Crippen molar-refractivity contribution in [1.82, 2.24) is 4.72 Å². The first-order valence-corrected chi connectivity index (χ1v) is 11.7. The lowest BCUT2D eigenvalue weighted by molar-refractivity contribution is 0.102. The molecule has 0 saturated carbocycles. The van der Waals surface area contributed by atoms with Crippen LogP contribution in [-0.4, -0.2) is 35.0 Å². The Morgan fingerprint density at radius 1 is 1.04 bits per heavy atom. The van der Waals surface area contributed by atoms with Gasteiger partial charge in [-0.05, 0) is 55.8 Å². The minimum atomic E-state index is -3.71. The third-order valence-electron chi connectivity index (χ3n) is 4.01. The smallest absolute Gasteiger partial charge is 0.255 e. The van der Waals surface area contributed by atoms with Gasteiger partial charge in [-0.25, -0.2) is 25.9 Å². The van der Waals surface area contributed by atoms with Gasteiger partial charge in [-0.3, -0.25) is 4.79 Å². The molecule has 0 aliphatic carbocycles. The van der Waals surface area contributed by atoms with Crippen LogP contribution >= 0.6 is 0 Å². The molecule has 1 atom stereocenters. The fourth-order valence-electron chi connectivity index (χ4n) is 2.23. The normalized spacial score (nSPS) is 13.1. The van der Waals surface area contributed by atoms with E-state index in [-0.39, 0.29) is 27.1 Å². The molecule has 2 N–H and O–H groups in total. The summed E-state index contributed by atoms with van der Waals surface area (Å²) in [5.74, 6) is -1.50. The topological polar surface area (TPSA) is 109 Å². The van der Waals surface area contributed by atoms with Gasteiger partial charge in [0.05, 0.1) is 15.5 Å². The van der Waals surface area contributed by atoms with E-state index in [1.54, 1.807) is 6.92 Å². The van der Waals surface area contributed by atoms with E-state index in [1.807, 2.05) is 6.92 Å². The lowest BCUT2D eigenvalue weighted by Gasteiger charge is -2.12. The van der Waals surface area contributed by atoms with Gasteiger partial charge in [0.1, 0.15) is 5.82 Å². The largest absolute Gasteiger partial charge is 0.319 e. The zero-order chi connectivity index (χ0) is 21.1. The van der Waals surface area contributed by atoms with Crippen molar-refractivity contribution in [3.8, 4) is 0 Å². The average molecular weight is 429 g/mol. The first-order valence-electron chi connectivity index (χ1n) is 8.37. The maximum Gasteiger partial charge on any atom is 0.255 e. The summed E-state index contributed by atoms with van der Waals surface area (Å²) in [6, 6.07) is 7.95. The van der Waals surface area contributed by atoms with Crippen LogP contribution in [0.3, 0.4) is 0 Å². The van der Waals surface area contributed by atoms with Crippen LogP contribution < -0.4 is 10.0 Å². The SMILES string of the molecule is CCC(C)NS(=O)(=O)c1ccc(C(=O)Nc2cc(S(C)(=O)=O)ccc2F)cc1. The molecule has 7 nitrogen and oxygen atoms in total. The molecule has 2 aromatic rings. The number of carbonyl (C=O) groups excluding carboxylic acids is 1. The minimum absolute atomic E-state index is 0.00500. The summed E-state index contributed by atoms with van der Waals surface area (Å²) < 4.78 is 64.0. The van der Waals surface area contributed by atoms with Crippen LogP contribution in [0.25, 0.3) is 0 Å². The Labute approximate surface area is 163 Å². The number of rotatable bonds is 7. The van der Waals surface area contributed by atoms with Crippen LogP contribution in [0.15, 0.2) is 52.3 Å². The van der Waals surface area contributed by atoms with Gasteiger partial charge < -0.3 is 5.32 Å². The summed E-state index contributed by atoms with van der Waals surface area (Å²) in [5.41, 5.74) is -0.199. The van der Waals surface area contributed by atoms with Crippen molar-refractivity contribution in [1.29, 1.82) is 0 Å². The summed E-state index contributed by atoms with van der Waals surface area (Å²) in [5, 5.41) is 2.30. The van der Waals surface area contributed by atoms with E-state index in [0.29, 0.717) is 6.42 Å². The highest BCUT2D eigenvalue weighted by Gasteiger charge is 2.18. The van der Waals surface area contributed by atoms with Gasteiger partial charge in [0, 0.05) is 17.9 Å². The first-order chi connectivity index (χ1) is 12.9. The average Bonchev–Trinajstić information content (AvgIpc) is 2.62. The van der Waals surface area contributed by atoms with Crippen LogP contribution in [0, 0.1) is 5.82 Å². The minimum Gasteiger partial charge on any atom is -0.319 e. The number of benzene rings is 2. The summed E-state index contributed by atoms with van der Waals surface area (Å²) in [7, 11) is -7.28. The van der Waals surface area contributed by atoms with Crippen molar-refractivity contribution in [3.05, 3.63) is 53.8 Å². The molecule has 0 saturated heterocycles. The van der Waals surface area contributed by atoms with Crippen LogP contribution in [0.4, 0.5) is 10.1 Å². The predicted octanol–water partition coefficient (Wildman–Crippen LogP) is 2.56.